The minimum atomic E-state index is -0.447. The molecule has 0 N–H and O–H groups in total. The van der Waals surface area contributed by atoms with Crippen LogP contribution in [0.1, 0.15) is 6.85 Å². The summed E-state index contributed by atoms with van der Waals surface area (Å²) in [4.78, 5) is 15.9. The van der Waals surface area contributed by atoms with Crippen LogP contribution >= 0.6 is 0 Å². The third kappa shape index (κ3) is 4.68. The van der Waals surface area contributed by atoms with Gasteiger partial charge < -0.3 is 9.13 Å². The van der Waals surface area contributed by atoms with Gasteiger partial charge >= 0.3 is 0 Å². The van der Waals surface area contributed by atoms with Crippen LogP contribution in [0.2, 0.25) is 0 Å². The van der Waals surface area contributed by atoms with Crippen molar-refractivity contribution >= 4 is 65.4 Å². The minimum Gasteiger partial charge on any atom is -0.309 e. The van der Waals surface area contributed by atoms with Crippen molar-refractivity contribution in [2.45, 2.75) is 0 Å². The molecule has 6 nitrogen and oxygen atoms in total. The molecular weight excluding hydrogens is 697 g/mol. The molecule has 0 aliphatic heterocycles. The van der Waals surface area contributed by atoms with Crippen LogP contribution in [-0.4, -0.2) is 28.7 Å². The molecule has 0 saturated carbocycles. The third-order valence-corrected chi connectivity index (χ3v) is 11.0. The highest BCUT2D eigenvalue weighted by Gasteiger charge is 2.24. The minimum absolute atomic E-state index is 0.0642. The summed E-state index contributed by atoms with van der Waals surface area (Å²) in [5, 5.41) is 5.62. The molecule has 8 aromatic carbocycles. The fourth-order valence-corrected chi connectivity index (χ4v) is 8.66. The van der Waals surface area contributed by atoms with Crippen molar-refractivity contribution in [3.8, 4) is 40.1 Å². The van der Waals surface area contributed by atoms with E-state index in [1.165, 1.54) is 0 Å². The van der Waals surface area contributed by atoms with Gasteiger partial charge in [-0.15, -0.1) is 0 Å². The largest absolute Gasteiger partial charge is 0.309 e. The maximum atomic E-state index is 9.19. The molecule has 0 fully saturated rings. The van der Waals surface area contributed by atoms with Crippen molar-refractivity contribution in [3.05, 3.63) is 194 Å². The van der Waals surface area contributed by atoms with Crippen molar-refractivity contribution < 1.29 is 6.85 Å². The molecule has 4 aromatic heterocycles. The van der Waals surface area contributed by atoms with Crippen LogP contribution in [0, 0.1) is 0 Å². The van der Waals surface area contributed by atoms with E-state index < -0.39 is 18.1 Å². The summed E-state index contributed by atoms with van der Waals surface area (Å²) < 4.78 is 50.3. The first-order valence-electron chi connectivity index (χ1n) is 21.3. The van der Waals surface area contributed by atoms with E-state index in [1.807, 2.05) is 106 Å². The second-order valence-corrected chi connectivity index (χ2v) is 14.1. The summed E-state index contributed by atoms with van der Waals surface area (Å²) in [6.07, 6.45) is 0. The lowest BCUT2D eigenvalue weighted by Crippen LogP contribution is -2.07. The summed E-state index contributed by atoms with van der Waals surface area (Å²) in [6, 6.07) is 53.0. The van der Waals surface area contributed by atoms with Crippen molar-refractivity contribution in [2.24, 2.45) is 0 Å². The lowest BCUT2D eigenvalue weighted by molar-refractivity contribution is 0.954. The van der Waals surface area contributed by atoms with Gasteiger partial charge in [0.15, 0.2) is 11.6 Å². The molecule has 0 aliphatic carbocycles. The van der Waals surface area contributed by atoms with Crippen LogP contribution in [0.4, 0.5) is 0 Å². The van der Waals surface area contributed by atoms with Crippen molar-refractivity contribution in [3.63, 3.8) is 0 Å². The molecule has 6 heteroatoms. The van der Waals surface area contributed by atoms with Gasteiger partial charge in [0, 0.05) is 54.8 Å². The second-order valence-electron chi connectivity index (χ2n) is 14.1. The molecule has 0 spiro atoms. The van der Waals surface area contributed by atoms with Crippen LogP contribution in [-0.2, 0) is 0 Å². The van der Waals surface area contributed by atoms with E-state index in [9.17, 15) is 2.74 Å². The number of benzene rings is 8. The molecule has 0 saturated heterocycles. The maximum absolute atomic E-state index is 9.19. The van der Waals surface area contributed by atoms with Crippen molar-refractivity contribution in [1.29, 1.82) is 0 Å². The molecule has 4 heterocycles. The van der Waals surface area contributed by atoms with E-state index in [2.05, 4.69) is 71.3 Å². The smallest absolute Gasteiger partial charge is 0.238 e. The molecule has 0 radical (unpaired) electrons. The fraction of sp³-hybridized carbons (Fsp3) is 0. The molecule has 57 heavy (non-hydrogen) atoms. The average Bonchev–Trinajstić information content (AvgIpc) is 3.97. The molecule has 12 rings (SSSR count). The van der Waals surface area contributed by atoms with Gasteiger partial charge in [0.2, 0.25) is 5.95 Å². The SMILES string of the molecule is [2H]c1c([2H])c([2H])c(-n2c3ccccc3c3ccc4c5ccccc5n(-c5nc(-c6ccccc6)nc(-c6cccc7c6c6ccccc6n7-c6ccccc6)n5)c4c32)c([2H])c1[2H]. The summed E-state index contributed by atoms with van der Waals surface area (Å²) >= 11 is 0. The highest BCUT2D eigenvalue weighted by atomic mass is 15.2. The van der Waals surface area contributed by atoms with E-state index in [-0.39, 0.29) is 17.8 Å². The average molecular weight is 734 g/mol. The van der Waals surface area contributed by atoms with Gasteiger partial charge in [-0.25, -0.2) is 4.98 Å². The first-order chi connectivity index (χ1) is 30.4. The van der Waals surface area contributed by atoms with Gasteiger partial charge in [-0.05, 0) is 48.5 Å². The van der Waals surface area contributed by atoms with Crippen molar-refractivity contribution in [1.82, 2.24) is 28.7 Å². The summed E-state index contributed by atoms with van der Waals surface area (Å²) in [5.41, 5.74) is 7.76. The first-order valence-corrected chi connectivity index (χ1v) is 18.8. The highest BCUT2D eigenvalue weighted by molar-refractivity contribution is 6.24. The van der Waals surface area contributed by atoms with E-state index in [4.69, 9.17) is 19.1 Å². The first kappa shape index (κ1) is 26.9. The number of nitrogens with zero attached hydrogens (tertiary/aromatic N) is 6. The highest BCUT2D eigenvalue weighted by Crippen LogP contribution is 2.42. The Bertz CT molecular complexity index is 3790. The maximum Gasteiger partial charge on any atom is 0.238 e. The Kier molecular flexibility index (Phi) is 5.82. The molecule has 12 aromatic rings. The van der Waals surface area contributed by atoms with Crippen LogP contribution < -0.4 is 0 Å². The molecule has 0 amide bonds. The molecule has 0 aliphatic rings. The van der Waals surface area contributed by atoms with Gasteiger partial charge in [0.25, 0.3) is 0 Å². The van der Waals surface area contributed by atoms with Crippen LogP contribution in [0.3, 0.4) is 0 Å². The number of aromatic nitrogens is 6. The second kappa shape index (κ2) is 12.3. The van der Waals surface area contributed by atoms with Gasteiger partial charge in [-0.1, -0.05) is 146 Å². The lowest BCUT2D eigenvalue weighted by atomic mass is 10.1. The Morgan fingerprint density at radius 1 is 0.368 bits per heavy atom. The monoisotopic (exact) mass is 733 g/mol. The number of rotatable bonds is 5. The van der Waals surface area contributed by atoms with Crippen LogP contribution in [0.5, 0.6) is 0 Å². The number of para-hydroxylation sites is 5. The number of fused-ring (bicyclic) bond motifs is 10. The molecule has 0 unspecified atom stereocenters. The normalized spacial score (nSPS) is 13.1. The van der Waals surface area contributed by atoms with Crippen LogP contribution in [0.15, 0.2) is 194 Å². The van der Waals surface area contributed by atoms with E-state index in [0.717, 1.165) is 71.2 Å². The lowest BCUT2D eigenvalue weighted by Gasteiger charge is -2.13. The van der Waals surface area contributed by atoms with Crippen molar-refractivity contribution in [2.75, 3.05) is 0 Å². The van der Waals surface area contributed by atoms with Gasteiger partial charge in [0.05, 0.1) is 40.0 Å². The summed E-state index contributed by atoms with van der Waals surface area (Å²) in [6.45, 7) is 0. The predicted octanol–water partition coefficient (Wildman–Crippen LogP) is 12.5. The Morgan fingerprint density at radius 3 is 1.61 bits per heavy atom. The number of hydrogen-bond acceptors (Lipinski definition) is 3. The van der Waals surface area contributed by atoms with Gasteiger partial charge in [-0.2, -0.15) is 9.97 Å². The zero-order valence-electron chi connectivity index (χ0n) is 35.3. The molecule has 0 atom stereocenters. The predicted molar refractivity (Wildman–Crippen MR) is 234 cm³/mol. The van der Waals surface area contributed by atoms with E-state index >= 15 is 0 Å². The topological polar surface area (TPSA) is 53.5 Å². The standard InChI is InChI=1S/C51H32N6/c1-4-17-33(18-5-1)49-52-50(41-26-16-30-45-46(41)40-25-12-15-29-44(40)55(45)34-19-6-2-7-20-34)54-51(53-49)57-43-28-14-11-24-37(43)39-32-31-38-36-23-10-13-27-42(36)56(47(38)48(39)57)35-21-8-3-9-22-35/h1-32H/i3D,8D,9D,21D,22D. The third-order valence-electron chi connectivity index (χ3n) is 11.0. The quantitative estimate of drug-likeness (QED) is 0.177. The summed E-state index contributed by atoms with van der Waals surface area (Å²) in [7, 11) is 0. The van der Waals surface area contributed by atoms with Gasteiger partial charge in [-0.3, -0.25) is 4.57 Å². The van der Waals surface area contributed by atoms with E-state index in [1.54, 1.807) is 0 Å². The Labute approximate surface area is 334 Å². The zero-order valence-corrected chi connectivity index (χ0v) is 30.3. The van der Waals surface area contributed by atoms with Crippen LogP contribution in [0.25, 0.3) is 106 Å². The molecule has 266 valence electrons. The Balaban J connectivity index is 1.24. The molecular formula is C51H32N6. The van der Waals surface area contributed by atoms with Gasteiger partial charge in [0.1, 0.15) is 0 Å². The summed E-state index contributed by atoms with van der Waals surface area (Å²) in [5.74, 6) is 1.34. The Morgan fingerprint density at radius 2 is 0.912 bits per heavy atom. The Hall–Kier alpha value is -7.83. The fourth-order valence-electron chi connectivity index (χ4n) is 8.66. The van der Waals surface area contributed by atoms with E-state index in [0.29, 0.717) is 28.6 Å². The zero-order chi connectivity index (χ0) is 41.8. The molecule has 0 bridgehead atoms. The number of hydrogen-bond donors (Lipinski definition) is 0.